The van der Waals surface area contributed by atoms with Gasteiger partial charge in [0.05, 0.1) is 17.6 Å². The van der Waals surface area contributed by atoms with Crippen LogP contribution in [0.15, 0.2) is 22.2 Å². The van der Waals surface area contributed by atoms with Gasteiger partial charge in [-0.2, -0.15) is 0 Å². The molecule has 0 unspecified atom stereocenters. The van der Waals surface area contributed by atoms with Crippen LogP contribution >= 0.6 is 0 Å². The minimum absolute atomic E-state index is 0.103. The van der Waals surface area contributed by atoms with Crippen LogP contribution in [-0.4, -0.2) is 40.1 Å². The molecule has 0 fully saturated rings. The number of rotatable bonds is 3. The number of benzene rings is 1. The van der Waals surface area contributed by atoms with Crippen LogP contribution in [0.2, 0.25) is 0 Å². The molecule has 0 spiro atoms. The van der Waals surface area contributed by atoms with E-state index in [0.29, 0.717) is 17.7 Å². The first-order valence-corrected chi connectivity index (χ1v) is 7.68. The van der Waals surface area contributed by atoms with Gasteiger partial charge in [-0.3, -0.25) is 0 Å². The molecule has 1 aromatic rings. The number of aryl methyl sites for hydroxylation is 1. The van der Waals surface area contributed by atoms with Crippen LogP contribution in [0, 0.1) is 0 Å². The molecule has 6 nitrogen and oxygen atoms in total. The van der Waals surface area contributed by atoms with E-state index in [0.717, 1.165) is 5.56 Å². The second kappa shape index (κ2) is 5.24. The molecule has 0 saturated heterocycles. The summed E-state index contributed by atoms with van der Waals surface area (Å²) in [4.78, 5) is 16.5. The summed E-state index contributed by atoms with van der Waals surface area (Å²) < 4.78 is 28.9. The molecule has 7 heteroatoms. The Kier molecular flexibility index (Phi) is 3.80. The van der Waals surface area contributed by atoms with Crippen molar-refractivity contribution in [1.82, 2.24) is 0 Å². The van der Waals surface area contributed by atoms with Crippen molar-refractivity contribution in [3.63, 3.8) is 0 Å². The molecular weight excluding hydrogens is 282 g/mol. The second-order valence-corrected chi connectivity index (χ2v) is 6.29. The first-order chi connectivity index (χ1) is 9.44. The maximum Gasteiger partial charge on any atom is 0.338 e. The Balaban J connectivity index is 2.72. The molecule has 2 rings (SSSR count). The molecule has 0 saturated carbocycles. The van der Waals surface area contributed by atoms with E-state index in [2.05, 4.69) is 9.99 Å². The Hall–Kier alpha value is -1.89. The molecule has 0 aromatic heterocycles. The summed E-state index contributed by atoms with van der Waals surface area (Å²) in [5.74, 6) is -0.763. The molecule has 108 valence electrons. The van der Waals surface area contributed by atoms with Gasteiger partial charge in [0.2, 0.25) is 0 Å². The molecule has 0 bridgehead atoms. The van der Waals surface area contributed by atoms with Crippen molar-refractivity contribution in [1.29, 1.82) is 0 Å². The van der Waals surface area contributed by atoms with Crippen molar-refractivity contribution in [2.24, 2.45) is 5.16 Å². The predicted octanol–water partition coefficient (Wildman–Crippen LogP) is 1.17. The highest BCUT2D eigenvalue weighted by atomic mass is 32.2. The van der Waals surface area contributed by atoms with Crippen LogP contribution in [-0.2, 0) is 25.8 Å². The number of oxime groups is 1. The highest BCUT2D eigenvalue weighted by molar-refractivity contribution is 7.92. The summed E-state index contributed by atoms with van der Waals surface area (Å²) in [5.41, 5.74) is 1.84. The lowest BCUT2D eigenvalue weighted by atomic mass is 10.00. The summed E-state index contributed by atoms with van der Waals surface area (Å²) >= 11 is 0. The van der Waals surface area contributed by atoms with E-state index >= 15 is 0 Å². The summed E-state index contributed by atoms with van der Waals surface area (Å²) in [6.07, 6.45) is 0.581. The predicted molar refractivity (Wildman–Crippen MR) is 72.8 cm³/mol. The van der Waals surface area contributed by atoms with E-state index in [1.165, 1.54) is 20.3 Å². The Morgan fingerprint density at radius 3 is 2.60 bits per heavy atom. The summed E-state index contributed by atoms with van der Waals surface area (Å²) in [5, 5.41) is 3.75. The van der Waals surface area contributed by atoms with Gasteiger partial charge in [-0.15, -0.1) is 0 Å². The standard InChI is InChI=1S/C13H15NO5S/c1-4-8-5-10-11(14-19-3)7-20(16,17)12(10)6-9(8)13(15)18-2/h5-6H,4,7H2,1-3H3. The molecule has 0 radical (unpaired) electrons. The van der Waals surface area contributed by atoms with Gasteiger partial charge in [0.15, 0.2) is 9.84 Å². The molecule has 1 aliphatic rings. The maximum absolute atomic E-state index is 12.1. The summed E-state index contributed by atoms with van der Waals surface area (Å²) in [7, 11) is -0.857. The average molecular weight is 297 g/mol. The minimum atomic E-state index is -3.48. The quantitative estimate of drug-likeness (QED) is 0.618. The number of methoxy groups -OCH3 is 1. The summed E-state index contributed by atoms with van der Waals surface area (Å²) in [6.45, 7) is 1.88. The van der Waals surface area contributed by atoms with E-state index < -0.39 is 15.8 Å². The van der Waals surface area contributed by atoms with E-state index in [9.17, 15) is 13.2 Å². The Bertz CT molecular complexity index is 691. The average Bonchev–Trinajstić information content (AvgIpc) is 2.68. The Labute approximate surface area is 117 Å². The van der Waals surface area contributed by atoms with Crippen molar-refractivity contribution in [3.8, 4) is 0 Å². The molecule has 1 heterocycles. The molecule has 0 N–H and O–H groups in total. The number of fused-ring (bicyclic) bond motifs is 1. The van der Waals surface area contributed by atoms with Gasteiger partial charge in [0, 0.05) is 5.56 Å². The minimum Gasteiger partial charge on any atom is -0.465 e. The van der Waals surface area contributed by atoms with Crippen LogP contribution in [0.3, 0.4) is 0 Å². The first-order valence-electron chi connectivity index (χ1n) is 6.03. The zero-order valence-electron chi connectivity index (χ0n) is 11.5. The smallest absolute Gasteiger partial charge is 0.338 e. The highest BCUT2D eigenvalue weighted by Gasteiger charge is 2.34. The third-order valence-electron chi connectivity index (χ3n) is 3.17. The number of sulfone groups is 1. The molecule has 1 aromatic carbocycles. The third kappa shape index (κ3) is 2.29. The number of hydrogen-bond acceptors (Lipinski definition) is 6. The fourth-order valence-corrected chi connectivity index (χ4v) is 3.75. The monoisotopic (exact) mass is 297 g/mol. The number of hydrogen-bond donors (Lipinski definition) is 0. The maximum atomic E-state index is 12.1. The van der Waals surface area contributed by atoms with E-state index in [1.807, 2.05) is 6.92 Å². The zero-order valence-corrected chi connectivity index (χ0v) is 12.3. The topological polar surface area (TPSA) is 82.0 Å². The van der Waals surface area contributed by atoms with Crippen LogP contribution in [0.25, 0.3) is 0 Å². The van der Waals surface area contributed by atoms with Gasteiger partial charge < -0.3 is 9.57 Å². The lowest BCUT2D eigenvalue weighted by Gasteiger charge is -2.08. The van der Waals surface area contributed by atoms with E-state index in [4.69, 9.17) is 4.74 Å². The first kappa shape index (κ1) is 14.5. The van der Waals surface area contributed by atoms with Gasteiger partial charge >= 0.3 is 5.97 Å². The lowest BCUT2D eigenvalue weighted by Crippen LogP contribution is -2.08. The molecule has 1 aliphatic heterocycles. The van der Waals surface area contributed by atoms with Crippen molar-refractivity contribution < 1.29 is 22.8 Å². The van der Waals surface area contributed by atoms with E-state index in [-0.39, 0.29) is 16.2 Å². The third-order valence-corrected chi connectivity index (χ3v) is 4.83. The van der Waals surface area contributed by atoms with Crippen LogP contribution < -0.4 is 0 Å². The Morgan fingerprint density at radius 1 is 1.35 bits per heavy atom. The van der Waals surface area contributed by atoms with Crippen LogP contribution in [0.4, 0.5) is 0 Å². The number of esters is 1. The molecule has 20 heavy (non-hydrogen) atoms. The van der Waals surface area contributed by atoms with Gasteiger partial charge in [-0.05, 0) is 24.1 Å². The Morgan fingerprint density at radius 2 is 2.05 bits per heavy atom. The summed E-state index contributed by atoms with van der Waals surface area (Å²) in [6, 6.07) is 3.04. The second-order valence-electron chi connectivity index (χ2n) is 4.33. The van der Waals surface area contributed by atoms with Gasteiger partial charge in [0.25, 0.3) is 0 Å². The largest absolute Gasteiger partial charge is 0.465 e. The van der Waals surface area contributed by atoms with Crippen molar-refractivity contribution >= 4 is 21.5 Å². The van der Waals surface area contributed by atoms with Crippen LogP contribution in [0.5, 0.6) is 0 Å². The van der Waals surface area contributed by atoms with Gasteiger partial charge in [-0.1, -0.05) is 12.1 Å². The fraction of sp³-hybridized carbons (Fsp3) is 0.385. The van der Waals surface area contributed by atoms with Crippen molar-refractivity contribution in [2.45, 2.75) is 18.2 Å². The number of ether oxygens (including phenoxy) is 1. The van der Waals surface area contributed by atoms with Crippen molar-refractivity contribution in [2.75, 3.05) is 20.0 Å². The molecule has 0 atom stereocenters. The highest BCUT2D eigenvalue weighted by Crippen LogP contribution is 2.30. The lowest BCUT2D eigenvalue weighted by molar-refractivity contribution is 0.0599. The SMILES string of the molecule is CCc1cc2c(cc1C(=O)OC)S(=O)(=O)CC2=NOC. The van der Waals surface area contributed by atoms with Gasteiger partial charge in [-0.25, -0.2) is 13.2 Å². The number of nitrogens with zero attached hydrogens (tertiary/aromatic N) is 1. The van der Waals surface area contributed by atoms with Gasteiger partial charge in [0.1, 0.15) is 18.6 Å². The molecular formula is C13H15NO5S. The number of carbonyl (C=O) groups is 1. The van der Waals surface area contributed by atoms with Crippen LogP contribution in [0.1, 0.15) is 28.4 Å². The molecule has 0 aliphatic carbocycles. The molecule has 0 amide bonds. The fourth-order valence-electron chi connectivity index (χ4n) is 2.22. The normalized spacial score (nSPS) is 17.9. The van der Waals surface area contributed by atoms with Crippen molar-refractivity contribution in [3.05, 3.63) is 28.8 Å². The zero-order chi connectivity index (χ0) is 14.9. The number of carbonyl (C=O) groups excluding carboxylic acids is 1. The van der Waals surface area contributed by atoms with E-state index in [1.54, 1.807) is 6.07 Å².